The molecule has 0 radical (unpaired) electrons. The Kier molecular flexibility index (Phi) is 7.11. The normalized spacial score (nSPS) is 11.9. The van der Waals surface area contributed by atoms with Gasteiger partial charge in [-0.15, -0.1) is 16.4 Å². The Hall–Kier alpha value is -1.30. The van der Waals surface area contributed by atoms with E-state index in [-0.39, 0.29) is 5.95 Å². The van der Waals surface area contributed by atoms with Crippen LogP contribution in [-0.2, 0) is 29.4 Å². The average molecular weight is 405 g/mol. The summed E-state index contributed by atoms with van der Waals surface area (Å²) >= 11 is 3.70. The summed E-state index contributed by atoms with van der Waals surface area (Å²) in [7, 11) is 2.49. The molecule has 2 aromatic rings. The second kappa shape index (κ2) is 8.88. The quantitative estimate of drug-likeness (QED) is 0.582. The van der Waals surface area contributed by atoms with Crippen molar-refractivity contribution in [1.29, 1.82) is 0 Å². The van der Waals surface area contributed by atoms with Gasteiger partial charge in [-0.3, -0.25) is 4.72 Å². The predicted molar refractivity (Wildman–Crippen MR) is 106 cm³/mol. The Balaban J connectivity index is 1.72. The SMILES string of the molecule is CN(C)Cc1ccc(CSCCNc2nc(NS(C)(=O)=O)nn2C)s1. The molecule has 0 spiro atoms. The van der Waals surface area contributed by atoms with Crippen LogP contribution in [0.2, 0.25) is 0 Å². The van der Waals surface area contributed by atoms with Gasteiger partial charge in [-0.1, -0.05) is 0 Å². The number of rotatable bonds is 10. The van der Waals surface area contributed by atoms with Crippen molar-refractivity contribution in [3.05, 3.63) is 21.9 Å². The summed E-state index contributed by atoms with van der Waals surface area (Å²) in [6, 6.07) is 4.38. The van der Waals surface area contributed by atoms with E-state index in [1.54, 1.807) is 7.05 Å². The molecular formula is C14H24N6O2S3. The topological polar surface area (TPSA) is 92.2 Å². The van der Waals surface area contributed by atoms with Crippen LogP contribution >= 0.6 is 23.1 Å². The van der Waals surface area contributed by atoms with Crippen molar-refractivity contribution >= 4 is 45.0 Å². The highest BCUT2D eigenvalue weighted by molar-refractivity contribution is 7.98. The van der Waals surface area contributed by atoms with E-state index in [2.05, 4.69) is 51.2 Å². The van der Waals surface area contributed by atoms with Crippen LogP contribution in [0, 0.1) is 0 Å². The maximum Gasteiger partial charge on any atom is 0.257 e. The highest BCUT2D eigenvalue weighted by Crippen LogP contribution is 2.22. The van der Waals surface area contributed by atoms with Gasteiger partial charge in [0.2, 0.25) is 16.0 Å². The number of nitrogens with zero attached hydrogens (tertiary/aromatic N) is 4. The highest BCUT2D eigenvalue weighted by Gasteiger charge is 2.10. The smallest absolute Gasteiger partial charge is 0.257 e. The first-order valence-corrected chi connectivity index (χ1v) is 11.5. The van der Waals surface area contributed by atoms with Gasteiger partial charge in [-0.2, -0.15) is 16.7 Å². The molecule has 2 rings (SSSR count). The molecule has 0 aromatic carbocycles. The molecule has 2 heterocycles. The summed E-state index contributed by atoms with van der Waals surface area (Å²) < 4.78 is 26.2. The summed E-state index contributed by atoms with van der Waals surface area (Å²) in [4.78, 5) is 9.04. The zero-order chi connectivity index (χ0) is 18.4. The first-order chi connectivity index (χ1) is 11.7. The Bertz CT molecular complexity index is 784. The second-order valence-corrected chi connectivity index (χ2v) is 9.95. The van der Waals surface area contributed by atoms with Crippen molar-refractivity contribution in [2.45, 2.75) is 12.3 Å². The van der Waals surface area contributed by atoms with Gasteiger partial charge in [-0.25, -0.2) is 13.1 Å². The summed E-state index contributed by atoms with van der Waals surface area (Å²) in [6.45, 7) is 1.71. The van der Waals surface area contributed by atoms with E-state index in [0.29, 0.717) is 5.95 Å². The van der Waals surface area contributed by atoms with Gasteiger partial charge in [0.15, 0.2) is 0 Å². The Morgan fingerprint density at radius 3 is 2.72 bits per heavy atom. The maximum atomic E-state index is 11.2. The molecule has 0 fully saturated rings. The summed E-state index contributed by atoms with van der Waals surface area (Å²) in [5, 5.41) is 7.18. The number of sulfonamides is 1. The molecule has 0 saturated heterocycles. The number of hydrogen-bond donors (Lipinski definition) is 2. The molecule has 2 N–H and O–H groups in total. The van der Waals surface area contributed by atoms with E-state index in [4.69, 9.17) is 0 Å². The third-order valence-corrected chi connectivity index (χ3v) is 5.82. The van der Waals surface area contributed by atoms with Crippen LogP contribution in [0.15, 0.2) is 12.1 Å². The number of thiophene rings is 1. The minimum Gasteiger partial charge on any atom is -0.354 e. The number of thioether (sulfide) groups is 1. The lowest BCUT2D eigenvalue weighted by Crippen LogP contribution is -2.11. The van der Waals surface area contributed by atoms with Crippen LogP contribution < -0.4 is 10.0 Å². The molecule has 8 nitrogen and oxygen atoms in total. The van der Waals surface area contributed by atoms with Gasteiger partial charge in [0, 0.05) is 41.4 Å². The van der Waals surface area contributed by atoms with E-state index in [0.717, 1.165) is 30.9 Å². The third kappa shape index (κ3) is 7.22. The van der Waals surface area contributed by atoms with Gasteiger partial charge in [0.25, 0.3) is 5.95 Å². The van der Waals surface area contributed by atoms with E-state index in [1.165, 1.54) is 14.4 Å². The zero-order valence-electron chi connectivity index (χ0n) is 14.8. The largest absolute Gasteiger partial charge is 0.354 e. The van der Waals surface area contributed by atoms with Crippen LogP contribution in [0.1, 0.15) is 9.75 Å². The van der Waals surface area contributed by atoms with Crippen molar-refractivity contribution < 1.29 is 8.42 Å². The molecule has 2 aromatic heterocycles. The van der Waals surface area contributed by atoms with Gasteiger partial charge in [0.05, 0.1) is 6.26 Å². The first kappa shape index (κ1) is 20.0. The predicted octanol–water partition coefficient (Wildman–Crippen LogP) is 1.65. The lowest BCUT2D eigenvalue weighted by atomic mass is 10.4. The lowest BCUT2D eigenvalue weighted by molar-refractivity contribution is 0.406. The Morgan fingerprint density at radius 2 is 2.04 bits per heavy atom. The third-order valence-electron chi connectivity index (χ3n) is 3.00. The minimum absolute atomic E-state index is 0.0761. The van der Waals surface area contributed by atoms with E-state index in [9.17, 15) is 8.42 Å². The van der Waals surface area contributed by atoms with Gasteiger partial charge in [0.1, 0.15) is 0 Å². The average Bonchev–Trinajstić information content (AvgIpc) is 3.03. The molecule has 140 valence electrons. The van der Waals surface area contributed by atoms with Crippen molar-refractivity contribution in [3.63, 3.8) is 0 Å². The second-order valence-electron chi connectivity index (χ2n) is 5.84. The highest BCUT2D eigenvalue weighted by atomic mass is 32.2. The van der Waals surface area contributed by atoms with Crippen molar-refractivity contribution in [3.8, 4) is 0 Å². The molecule has 0 saturated carbocycles. The summed E-state index contributed by atoms with van der Waals surface area (Å²) in [6.07, 6.45) is 1.07. The maximum absolute atomic E-state index is 11.2. The number of nitrogens with one attached hydrogen (secondary N) is 2. The minimum atomic E-state index is -3.37. The van der Waals surface area contributed by atoms with Crippen molar-refractivity contribution in [2.24, 2.45) is 7.05 Å². The van der Waals surface area contributed by atoms with Gasteiger partial charge < -0.3 is 10.2 Å². The van der Waals surface area contributed by atoms with Crippen LogP contribution in [0.25, 0.3) is 0 Å². The fraction of sp³-hybridized carbons (Fsp3) is 0.571. The van der Waals surface area contributed by atoms with Crippen LogP contribution in [0.5, 0.6) is 0 Å². The fourth-order valence-electron chi connectivity index (χ4n) is 2.05. The summed E-state index contributed by atoms with van der Waals surface area (Å²) in [5.74, 6) is 2.52. The molecule has 0 aliphatic rings. The van der Waals surface area contributed by atoms with Gasteiger partial charge in [-0.05, 0) is 26.2 Å². The van der Waals surface area contributed by atoms with Crippen molar-refractivity contribution in [1.82, 2.24) is 19.7 Å². The number of hydrogen-bond acceptors (Lipinski definition) is 8. The van der Waals surface area contributed by atoms with E-state index < -0.39 is 10.0 Å². The van der Waals surface area contributed by atoms with E-state index in [1.807, 2.05) is 23.1 Å². The van der Waals surface area contributed by atoms with Gasteiger partial charge >= 0.3 is 0 Å². The molecule has 0 unspecified atom stereocenters. The molecule has 25 heavy (non-hydrogen) atoms. The fourth-order valence-corrected chi connectivity index (χ4v) is 4.58. The molecular weight excluding hydrogens is 380 g/mol. The standard InChI is InChI=1S/C14H24N6O2S3/c1-19(2)9-11-5-6-12(24-11)10-23-8-7-15-14-16-13(17-20(14)3)18-25(4,21)22/h5-6H,7-10H2,1-4H3,(H2,15,16,17,18). The summed E-state index contributed by atoms with van der Waals surface area (Å²) in [5.41, 5.74) is 0. The number of aryl methyl sites for hydroxylation is 1. The Labute approximate surface area is 157 Å². The zero-order valence-corrected chi connectivity index (χ0v) is 17.3. The van der Waals surface area contributed by atoms with E-state index >= 15 is 0 Å². The lowest BCUT2D eigenvalue weighted by Gasteiger charge is -2.06. The first-order valence-electron chi connectivity index (χ1n) is 7.65. The number of aromatic nitrogens is 3. The molecule has 11 heteroatoms. The monoisotopic (exact) mass is 404 g/mol. The van der Waals surface area contributed by atoms with Crippen LogP contribution in [0.3, 0.4) is 0 Å². The Morgan fingerprint density at radius 1 is 1.32 bits per heavy atom. The molecule has 0 amide bonds. The van der Waals surface area contributed by atoms with Crippen molar-refractivity contribution in [2.75, 3.05) is 42.7 Å². The molecule has 0 aliphatic heterocycles. The molecule has 0 atom stereocenters. The van der Waals surface area contributed by atoms with Crippen LogP contribution in [0.4, 0.5) is 11.9 Å². The molecule has 0 aliphatic carbocycles. The number of anilines is 2. The molecule has 0 bridgehead atoms. The van der Waals surface area contributed by atoms with Crippen LogP contribution in [-0.4, -0.2) is 60.7 Å².